The number of carbonyl (C=O) groups is 1. The van der Waals surface area contributed by atoms with Crippen molar-refractivity contribution in [3.8, 4) is 0 Å². The number of hydrogen-bond acceptors (Lipinski definition) is 4. The smallest absolute Gasteiger partial charge is 0.245 e. The van der Waals surface area contributed by atoms with Gasteiger partial charge in [0, 0.05) is 17.4 Å². The van der Waals surface area contributed by atoms with Gasteiger partial charge in [0.05, 0.1) is 11.0 Å². The van der Waals surface area contributed by atoms with E-state index >= 15 is 0 Å². The van der Waals surface area contributed by atoms with Crippen molar-refractivity contribution in [3.63, 3.8) is 0 Å². The van der Waals surface area contributed by atoms with Gasteiger partial charge in [0.15, 0.2) is 0 Å². The Bertz CT molecular complexity index is 647. The Kier molecular flexibility index (Phi) is 4.19. The Balaban J connectivity index is 2.46. The zero-order valence-corrected chi connectivity index (χ0v) is 13.2. The zero-order valence-electron chi connectivity index (χ0n) is 10.8. The van der Waals surface area contributed by atoms with Gasteiger partial charge in [-0.1, -0.05) is 6.07 Å². The van der Waals surface area contributed by atoms with E-state index in [1.165, 1.54) is 6.07 Å². The number of aryl methyl sites for hydroxylation is 1. The third-order valence-corrected chi connectivity index (χ3v) is 6.09. The van der Waals surface area contributed by atoms with E-state index in [2.05, 4.69) is 15.9 Å². The van der Waals surface area contributed by atoms with Crippen LogP contribution in [0.1, 0.15) is 12.0 Å². The van der Waals surface area contributed by atoms with Crippen LogP contribution in [0, 0.1) is 6.92 Å². The molecule has 2 unspecified atom stereocenters. The summed E-state index contributed by atoms with van der Waals surface area (Å²) < 4.78 is 26.6. The van der Waals surface area contributed by atoms with Gasteiger partial charge in [0.25, 0.3) is 0 Å². The molecule has 110 valence electrons. The maximum absolute atomic E-state index is 12.6. The minimum absolute atomic E-state index is 0.0258. The molecule has 2 rings (SSSR count). The highest BCUT2D eigenvalue weighted by Gasteiger charge is 2.43. The molecule has 20 heavy (non-hydrogen) atoms. The van der Waals surface area contributed by atoms with Gasteiger partial charge >= 0.3 is 0 Å². The van der Waals surface area contributed by atoms with E-state index in [0.29, 0.717) is 4.47 Å². The van der Waals surface area contributed by atoms with Gasteiger partial charge in [-0.05, 0) is 40.5 Å². The molecule has 8 heteroatoms. The highest BCUT2D eigenvalue weighted by atomic mass is 79.9. The molecule has 0 bridgehead atoms. The number of nitrogens with two attached hydrogens (primary N) is 1. The SMILES string of the molecule is Cc1ccc(S(=O)(=O)N2CC(O)CC2C(N)=O)c(Br)c1. The van der Waals surface area contributed by atoms with Crippen LogP contribution < -0.4 is 5.73 Å². The van der Waals surface area contributed by atoms with Crippen LogP contribution in [0.4, 0.5) is 0 Å². The summed E-state index contributed by atoms with van der Waals surface area (Å²) in [5.74, 6) is -0.756. The monoisotopic (exact) mass is 362 g/mol. The summed E-state index contributed by atoms with van der Waals surface area (Å²) in [5, 5.41) is 9.62. The first-order valence-electron chi connectivity index (χ1n) is 5.99. The van der Waals surface area contributed by atoms with E-state index in [4.69, 9.17) is 5.73 Å². The summed E-state index contributed by atoms with van der Waals surface area (Å²) in [4.78, 5) is 11.4. The van der Waals surface area contributed by atoms with Crippen molar-refractivity contribution in [2.24, 2.45) is 5.73 Å². The third kappa shape index (κ3) is 2.73. The third-order valence-electron chi connectivity index (χ3n) is 3.24. The van der Waals surface area contributed by atoms with Gasteiger partial charge in [-0.25, -0.2) is 8.42 Å². The fourth-order valence-corrected chi connectivity index (χ4v) is 5.05. The summed E-state index contributed by atoms with van der Waals surface area (Å²) in [6.45, 7) is 1.71. The van der Waals surface area contributed by atoms with Crippen molar-refractivity contribution in [2.45, 2.75) is 30.4 Å². The van der Waals surface area contributed by atoms with Gasteiger partial charge in [0.2, 0.25) is 15.9 Å². The lowest BCUT2D eigenvalue weighted by molar-refractivity contribution is -0.121. The summed E-state index contributed by atoms with van der Waals surface area (Å²) in [7, 11) is -3.89. The Morgan fingerprint density at radius 1 is 1.50 bits per heavy atom. The molecule has 1 aromatic carbocycles. The number of aliphatic hydroxyl groups is 1. The topological polar surface area (TPSA) is 101 Å². The normalized spacial score (nSPS) is 23.9. The van der Waals surface area contributed by atoms with Gasteiger partial charge in [-0.2, -0.15) is 4.31 Å². The fourth-order valence-electron chi connectivity index (χ4n) is 2.25. The minimum Gasteiger partial charge on any atom is -0.392 e. The van der Waals surface area contributed by atoms with E-state index in [0.717, 1.165) is 9.87 Å². The Morgan fingerprint density at radius 2 is 2.15 bits per heavy atom. The lowest BCUT2D eigenvalue weighted by Crippen LogP contribution is -2.43. The molecule has 1 heterocycles. The predicted molar refractivity (Wildman–Crippen MR) is 76.4 cm³/mol. The number of benzene rings is 1. The van der Waals surface area contributed by atoms with Crippen molar-refractivity contribution < 1.29 is 18.3 Å². The highest BCUT2D eigenvalue weighted by Crippen LogP contribution is 2.30. The molecular weight excluding hydrogens is 348 g/mol. The molecule has 0 radical (unpaired) electrons. The molecule has 1 amide bonds. The predicted octanol–water partition coefficient (Wildman–Crippen LogP) is 0.367. The molecule has 0 spiro atoms. The molecular formula is C12H15BrN2O4S. The number of nitrogens with zero attached hydrogens (tertiary/aromatic N) is 1. The Labute approximate surface area is 125 Å². The van der Waals surface area contributed by atoms with Crippen LogP contribution in [0.5, 0.6) is 0 Å². The summed E-state index contributed by atoms with van der Waals surface area (Å²) in [6, 6.07) is 3.81. The first-order chi connectivity index (χ1) is 9.23. The van der Waals surface area contributed by atoms with E-state index < -0.39 is 28.1 Å². The first kappa shape index (κ1) is 15.4. The number of β-amino-alcohol motifs (C(OH)–C–C–N with tert-alkyl or cyclic N) is 1. The molecule has 1 fully saturated rings. The lowest BCUT2D eigenvalue weighted by Gasteiger charge is -2.22. The van der Waals surface area contributed by atoms with Gasteiger partial charge in [-0.15, -0.1) is 0 Å². The van der Waals surface area contributed by atoms with Gasteiger partial charge < -0.3 is 10.8 Å². The number of sulfonamides is 1. The maximum atomic E-state index is 12.6. The number of rotatable bonds is 3. The number of carbonyl (C=O) groups excluding carboxylic acids is 1. The largest absolute Gasteiger partial charge is 0.392 e. The summed E-state index contributed by atoms with van der Waals surface area (Å²) in [6.07, 6.45) is -0.857. The second-order valence-electron chi connectivity index (χ2n) is 4.82. The Hall–Kier alpha value is -0.960. The second kappa shape index (κ2) is 5.44. The lowest BCUT2D eigenvalue weighted by atomic mass is 10.2. The van der Waals surface area contributed by atoms with Gasteiger partial charge in [-0.3, -0.25) is 4.79 Å². The number of primary amides is 1. The zero-order chi connectivity index (χ0) is 15.1. The van der Waals surface area contributed by atoms with E-state index in [9.17, 15) is 18.3 Å². The fraction of sp³-hybridized carbons (Fsp3) is 0.417. The first-order valence-corrected chi connectivity index (χ1v) is 8.22. The van der Waals surface area contributed by atoms with Crippen LogP contribution in [0.15, 0.2) is 27.6 Å². The second-order valence-corrected chi connectivity index (χ2v) is 7.53. The molecule has 0 aromatic heterocycles. The van der Waals surface area contributed by atoms with Crippen molar-refractivity contribution in [3.05, 3.63) is 28.2 Å². The average molecular weight is 363 g/mol. The standard InChI is InChI=1S/C12H15BrN2O4S/c1-7-2-3-11(9(13)4-7)20(18,19)15-6-8(16)5-10(15)12(14)17/h2-4,8,10,16H,5-6H2,1H3,(H2,14,17). The van der Waals surface area contributed by atoms with Crippen molar-refractivity contribution in [1.82, 2.24) is 4.31 Å². The van der Waals surface area contributed by atoms with Crippen molar-refractivity contribution in [1.29, 1.82) is 0 Å². The molecule has 1 saturated heterocycles. The van der Waals surface area contributed by atoms with Crippen LogP contribution in [0.25, 0.3) is 0 Å². The molecule has 3 N–H and O–H groups in total. The molecule has 1 aliphatic rings. The molecule has 6 nitrogen and oxygen atoms in total. The van der Waals surface area contributed by atoms with E-state index in [1.807, 2.05) is 6.92 Å². The van der Waals surface area contributed by atoms with Crippen LogP contribution in [-0.4, -0.2) is 42.4 Å². The maximum Gasteiger partial charge on any atom is 0.245 e. The van der Waals surface area contributed by atoms with Crippen LogP contribution in [0.2, 0.25) is 0 Å². The van der Waals surface area contributed by atoms with E-state index in [-0.39, 0.29) is 17.9 Å². The van der Waals surface area contributed by atoms with E-state index in [1.54, 1.807) is 12.1 Å². The van der Waals surface area contributed by atoms with Crippen LogP contribution in [-0.2, 0) is 14.8 Å². The van der Waals surface area contributed by atoms with Crippen LogP contribution in [0.3, 0.4) is 0 Å². The Morgan fingerprint density at radius 3 is 2.70 bits per heavy atom. The van der Waals surface area contributed by atoms with Crippen LogP contribution >= 0.6 is 15.9 Å². The highest BCUT2D eigenvalue weighted by molar-refractivity contribution is 9.10. The molecule has 0 aliphatic carbocycles. The minimum atomic E-state index is -3.89. The number of aliphatic hydroxyl groups excluding tert-OH is 1. The van der Waals surface area contributed by atoms with Gasteiger partial charge in [0.1, 0.15) is 6.04 Å². The molecule has 0 saturated carbocycles. The number of halogens is 1. The molecule has 1 aromatic rings. The quantitative estimate of drug-likeness (QED) is 0.810. The number of amides is 1. The molecule has 1 aliphatic heterocycles. The number of hydrogen-bond donors (Lipinski definition) is 2. The van der Waals surface area contributed by atoms with Crippen molar-refractivity contribution >= 4 is 31.9 Å². The summed E-state index contributed by atoms with van der Waals surface area (Å²) in [5.41, 5.74) is 6.13. The summed E-state index contributed by atoms with van der Waals surface area (Å²) >= 11 is 3.22. The average Bonchev–Trinajstić information content (AvgIpc) is 2.71. The molecule has 2 atom stereocenters. The van der Waals surface area contributed by atoms with Crippen molar-refractivity contribution in [2.75, 3.05) is 6.54 Å².